The summed E-state index contributed by atoms with van der Waals surface area (Å²) in [6.45, 7) is 5.30. The molecule has 1 N–H and O–H groups in total. The molecule has 1 aromatic rings. The minimum absolute atomic E-state index is 0.286. The van der Waals surface area contributed by atoms with Gasteiger partial charge in [-0.2, -0.15) is 16.9 Å². The van der Waals surface area contributed by atoms with Crippen LogP contribution in [-0.2, 0) is 11.2 Å². The number of hydrogen-bond donors (Lipinski definition) is 1. The number of Topliss-reactive ketones (excluding diaryl/α,β-unsaturated/α-hetero) is 1. The van der Waals surface area contributed by atoms with Crippen molar-refractivity contribution in [1.82, 2.24) is 15.1 Å². The summed E-state index contributed by atoms with van der Waals surface area (Å²) in [6, 6.07) is 2.72. The van der Waals surface area contributed by atoms with Crippen molar-refractivity contribution in [3.8, 4) is 0 Å². The number of thioether (sulfide) groups is 1. The first-order chi connectivity index (χ1) is 9.19. The van der Waals surface area contributed by atoms with Gasteiger partial charge in [0, 0.05) is 42.8 Å². The van der Waals surface area contributed by atoms with Crippen molar-refractivity contribution in [3.63, 3.8) is 0 Å². The second-order valence-corrected chi connectivity index (χ2v) is 6.34. The van der Waals surface area contributed by atoms with Crippen molar-refractivity contribution < 1.29 is 4.79 Å². The van der Waals surface area contributed by atoms with Crippen LogP contribution in [0.15, 0.2) is 12.3 Å². The number of carbonyl (C=O) groups excluding carboxylic acids is 1. The number of carbonyl (C=O) groups is 1. The van der Waals surface area contributed by atoms with E-state index in [0.717, 1.165) is 30.2 Å². The molecule has 0 bridgehead atoms. The first-order valence-electron chi connectivity index (χ1n) is 7.06. The summed E-state index contributed by atoms with van der Waals surface area (Å²) in [5, 5.41) is 7.89. The molecule has 2 unspecified atom stereocenters. The summed E-state index contributed by atoms with van der Waals surface area (Å²) in [4.78, 5) is 12.0. The van der Waals surface area contributed by atoms with Crippen molar-refractivity contribution in [2.45, 2.75) is 45.2 Å². The molecule has 5 heteroatoms. The minimum atomic E-state index is 0.286. The first-order valence-corrected chi connectivity index (χ1v) is 8.21. The molecule has 0 aliphatic carbocycles. The second kappa shape index (κ2) is 7.10. The monoisotopic (exact) mass is 281 g/mol. The van der Waals surface area contributed by atoms with Gasteiger partial charge in [-0.1, -0.05) is 6.92 Å². The zero-order chi connectivity index (χ0) is 13.7. The molecule has 1 saturated heterocycles. The molecule has 106 valence electrons. The SMILES string of the molecule is CCC(C)n1ccc(CC(=O)CC2CSCCN2)n1. The molecule has 4 nitrogen and oxygen atoms in total. The maximum Gasteiger partial charge on any atom is 0.140 e. The van der Waals surface area contributed by atoms with E-state index >= 15 is 0 Å². The maximum absolute atomic E-state index is 12.0. The Hall–Kier alpha value is -0.810. The van der Waals surface area contributed by atoms with E-state index in [-0.39, 0.29) is 5.78 Å². The van der Waals surface area contributed by atoms with Crippen molar-refractivity contribution in [1.29, 1.82) is 0 Å². The maximum atomic E-state index is 12.0. The number of nitrogens with one attached hydrogen (secondary N) is 1. The topological polar surface area (TPSA) is 46.9 Å². The van der Waals surface area contributed by atoms with Crippen LogP contribution in [0.25, 0.3) is 0 Å². The smallest absolute Gasteiger partial charge is 0.140 e. The number of rotatable bonds is 6. The summed E-state index contributed by atoms with van der Waals surface area (Å²) >= 11 is 1.93. The van der Waals surface area contributed by atoms with Gasteiger partial charge in [-0.25, -0.2) is 0 Å². The fraction of sp³-hybridized carbons (Fsp3) is 0.714. The van der Waals surface area contributed by atoms with Crippen LogP contribution in [0.4, 0.5) is 0 Å². The fourth-order valence-corrected chi connectivity index (χ4v) is 3.15. The third kappa shape index (κ3) is 4.35. The van der Waals surface area contributed by atoms with E-state index in [9.17, 15) is 4.79 Å². The van der Waals surface area contributed by atoms with Crippen molar-refractivity contribution >= 4 is 17.5 Å². The van der Waals surface area contributed by atoms with Gasteiger partial charge in [0.15, 0.2) is 0 Å². The Morgan fingerprint density at radius 1 is 1.68 bits per heavy atom. The van der Waals surface area contributed by atoms with E-state index in [4.69, 9.17) is 0 Å². The molecule has 0 saturated carbocycles. The van der Waals surface area contributed by atoms with Crippen LogP contribution >= 0.6 is 11.8 Å². The Bertz CT molecular complexity index is 413. The average molecular weight is 281 g/mol. The van der Waals surface area contributed by atoms with Gasteiger partial charge in [0.05, 0.1) is 12.1 Å². The molecule has 0 aromatic carbocycles. The summed E-state index contributed by atoms with van der Waals surface area (Å²) in [7, 11) is 0. The molecule has 2 heterocycles. The van der Waals surface area contributed by atoms with E-state index < -0.39 is 0 Å². The van der Waals surface area contributed by atoms with Crippen LogP contribution in [0.2, 0.25) is 0 Å². The highest BCUT2D eigenvalue weighted by Gasteiger charge is 2.17. The molecular formula is C14H23N3OS. The lowest BCUT2D eigenvalue weighted by Crippen LogP contribution is -2.39. The van der Waals surface area contributed by atoms with E-state index in [1.54, 1.807) is 0 Å². The number of nitrogens with zero attached hydrogens (tertiary/aromatic N) is 2. The normalized spacial score (nSPS) is 21.3. The standard InChI is InChI=1S/C14H23N3OS/c1-3-11(2)17-6-4-12(16-17)8-14(18)9-13-10-19-7-5-15-13/h4,6,11,13,15H,3,5,7-10H2,1-2H3. The highest BCUT2D eigenvalue weighted by molar-refractivity contribution is 7.99. The minimum Gasteiger partial charge on any atom is -0.312 e. The van der Waals surface area contributed by atoms with Crippen molar-refractivity contribution in [3.05, 3.63) is 18.0 Å². The lowest BCUT2D eigenvalue weighted by Gasteiger charge is -2.22. The zero-order valence-corrected chi connectivity index (χ0v) is 12.6. The Morgan fingerprint density at radius 3 is 3.21 bits per heavy atom. The molecular weight excluding hydrogens is 258 g/mol. The number of ketones is 1. The largest absolute Gasteiger partial charge is 0.312 e. The quantitative estimate of drug-likeness (QED) is 0.867. The lowest BCUT2D eigenvalue weighted by atomic mass is 10.1. The first kappa shape index (κ1) is 14.6. The molecule has 2 rings (SSSR count). The Balaban J connectivity index is 1.82. The van der Waals surface area contributed by atoms with Crippen LogP contribution < -0.4 is 5.32 Å². The van der Waals surface area contributed by atoms with E-state index in [1.165, 1.54) is 0 Å². The van der Waals surface area contributed by atoms with Gasteiger partial charge in [0.1, 0.15) is 5.78 Å². The lowest BCUT2D eigenvalue weighted by molar-refractivity contribution is -0.118. The highest BCUT2D eigenvalue weighted by Crippen LogP contribution is 2.13. The fourth-order valence-electron chi connectivity index (χ4n) is 2.20. The van der Waals surface area contributed by atoms with Gasteiger partial charge in [0.25, 0.3) is 0 Å². The van der Waals surface area contributed by atoms with Crippen LogP contribution in [0.1, 0.15) is 38.4 Å². The molecule has 0 amide bonds. The summed E-state index contributed by atoms with van der Waals surface area (Å²) in [6.07, 6.45) is 4.12. The van der Waals surface area contributed by atoms with Crippen molar-refractivity contribution in [2.75, 3.05) is 18.1 Å². The van der Waals surface area contributed by atoms with Gasteiger partial charge in [-0.3, -0.25) is 9.48 Å². The number of hydrogen-bond acceptors (Lipinski definition) is 4. The van der Waals surface area contributed by atoms with Crippen LogP contribution in [0.3, 0.4) is 0 Å². The Labute approximate surface area is 119 Å². The second-order valence-electron chi connectivity index (χ2n) is 5.19. The molecule has 1 aliphatic rings. The molecule has 0 spiro atoms. The predicted octanol–water partition coefficient (Wildman–Crippen LogP) is 2.06. The molecule has 19 heavy (non-hydrogen) atoms. The third-order valence-electron chi connectivity index (χ3n) is 3.56. The molecule has 1 fully saturated rings. The predicted molar refractivity (Wildman–Crippen MR) is 79.7 cm³/mol. The zero-order valence-electron chi connectivity index (χ0n) is 11.8. The van der Waals surface area contributed by atoms with Gasteiger partial charge >= 0.3 is 0 Å². The van der Waals surface area contributed by atoms with E-state index in [0.29, 0.717) is 24.9 Å². The van der Waals surface area contributed by atoms with Crippen LogP contribution in [0, 0.1) is 0 Å². The van der Waals surface area contributed by atoms with Gasteiger partial charge < -0.3 is 5.32 Å². The number of aromatic nitrogens is 2. The molecule has 1 aromatic heterocycles. The average Bonchev–Trinajstić information content (AvgIpc) is 2.87. The van der Waals surface area contributed by atoms with Crippen LogP contribution in [-0.4, -0.2) is 39.7 Å². The van der Waals surface area contributed by atoms with E-state index in [1.807, 2.05) is 28.7 Å². The summed E-state index contributed by atoms with van der Waals surface area (Å²) in [5.74, 6) is 2.49. The molecule has 2 atom stereocenters. The third-order valence-corrected chi connectivity index (χ3v) is 4.69. The molecule has 0 radical (unpaired) electrons. The van der Waals surface area contributed by atoms with Gasteiger partial charge in [0.2, 0.25) is 0 Å². The van der Waals surface area contributed by atoms with Crippen molar-refractivity contribution in [2.24, 2.45) is 0 Å². The highest BCUT2D eigenvalue weighted by atomic mass is 32.2. The van der Waals surface area contributed by atoms with Gasteiger partial charge in [-0.15, -0.1) is 0 Å². The summed E-state index contributed by atoms with van der Waals surface area (Å²) in [5.41, 5.74) is 0.897. The Kier molecular flexibility index (Phi) is 5.45. The Morgan fingerprint density at radius 2 is 2.53 bits per heavy atom. The summed E-state index contributed by atoms with van der Waals surface area (Å²) < 4.78 is 1.96. The van der Waals surface area contributed by atoms with Gasteiger partial charge in [-0.05, 0) is 19.4 Å². The van der Waals surface area contributed by atoms with Crippen LogP contribution in [0.5, 0.6) is 0 Å². The van der Waals surface area contributed by atoms with E-state index in [2.05, 4.69) is 24.3 Å². The molecule has 1 aliphatic heterocycles.